The fourth-order valence-electron chi connectivity index (χ4n) is 1.68. The van der Waals surface area contributed by atoms with Gasteiger partial charge in [0.2, 0.25) is 0 Å². The van der Waals surface area contributed by atoms with Gasteiger partial charge in [0.05, 0.1) is 12.5 Å². The lowest BCUT2D eigenvalue weighted by molar-refractivity contribution is -0.148. The molecule has 0 saturated carbocycles. The summed E-state index contributed by atoms with van der Waals surface area (Å²) in [4.78, 5) is 11.6. The Labute approximate surface area is 94.4 Å². The maximum atomic E-state index is 11.6. The van der Waals surface area contributed by atoms with Gasteiger partial charge in [-0.25, -0.2) is 0 Å². The Morgan fingerprint density at radius 1 is 1.13 bits per heavy atom. The fourth-order valence-corrected chi connectivity index (χ4v) is 1.68. The van der Waals surface area contributed by atoms with E-state index in [1.165, 1.54) is 6.42 Å². The highest BCUT2D eigenvalue weighted by molar-refractivity contribution is 5.72. The molecule has 2 nitrogen and oxygen atoms in total. The van der Waals surface area contributed by atoms with Gasteiger partial charge in [-0.1, -0.05) is 33.6 Å². The zero-order valence-corrected chi connectivity index (χ0v) is 10.7. The van der Waals surface area contributed by atoms with E-state index in [1.54, 1.807) is 0 Å². The minimum Gasteiger partial charge on any atom is -0.466 e. The van der Waals surface area contributed by atoms with Crippen molar-refractivity contribution in [3.8, 4) is 0 Å². The molecule has 0 spiro atoms. The fraction of sp³-hybridized carbons (Fsp3) is 0.923. The predicted molar refractivity (Wildman–Crippen MR) is 63.7 cm³/mol. The topological polar surface area (TPSA) is 26.3 Å². The van der Waals surface area contributed by atoms with E-state index < -0.39 is 0 Å². The Balaban J connectivity index is 3.97. The molecule has 0 aromatic rings. The number of rotatable bonds is 8. The predicted octanol–water partition coefficient (Wildman–Crippen LogP) is 3.79. The molecule has 0 radical (unpaired) electrons. The van der Waals surface area contributed by atoms with E-state index in [9.17, 15) is 4.79 Å². The number of hydrogen-bond acceptors (Lipinski definition) is 2. The molecule has 0 amide bonds. The van der Waals surface area contributed by atoms with E-state index in [-0.39, 0.29) is 11.9 Å². The molecule has 0 heterocycles. The smallest absolute Gasteiger partial charge is 0.308 e. The lowest BCUT2D eigenvalue weighted by Crippen LogP contribution is -2.18. The van der Waals surface area contributed by atoms with Gasteiger partial charge in [-0.15, -0.1) is 0 Å². The van der Waals surface area contributed by atoms with Crippen molar-refractivity contribution in [2.24, 2.45) is 11.8 Å². The lowest BCUT2D eigenvalue weighted by atomic mass is 9.92. The van der Waals surface area contributed by atoms with Crippen molar-refractivity contribution in [2.75, 3.05) is 6.61 Å². The van der Waals surface area contributed by atoms with Gasteiger partial charge in [-0.3, -0.25) is 4.79 Å². The molecule has 2 heteroatoms. The number of carbonyl (C=O) groups excluding carboxylic acids is 1. The summed E-state index contributed by atoms with van der Waals surface area (Å²) in [6.45, 7) is 8.94. The van der Waals surface area contributed by atoms with Crippen molar-refractivity contribution in [2.45, 2.75) is 59.8 Å². The third kappa shape index (κ3) is 6.53. The largest absolute Gasteiger partial charge is 0.466 e. The van der Waals surface area contributed by atoms with Crippen LogP contribution < -0.4 is 0 Å². The molecule has 2 atom stereocenters. The number of esters is 1. The standard InChI is InChI=1S/C13H26O2/c1-5-8-12(13(14)15-7-3)10-9-11(4)6-2/h11-12H,5-10H2,1-4H3/t11-,12?/m1/s1. The van der Waals surface area contributed by atoms with Gasteiger partial charge < -0.3 is 4.74 Å². The molecule has 0 rings (SSSR count). The maximum Gasteiger partial charge on any atom is 0.308 e. The van der Waals surface area contributed by atoms with Crippen molar-refractivity contribution < 1.29 is 9.53 Å². The van der Waals surface area contributed by atoms with Crippen LogP contribution in [0.4, 0.5) is 0 Å². The molecule has 0 bridgehead atoms. The molecular weight excluding hydrogens is 188 g/mol. The second-order valence-corrected chi connectivity index (χ2v) is 4.33. The zero-order chi connectivity index (χ0) is 11.7. The van der Waals surface area contributed by atoms with E-state index >= 15 is 0 Å². The SMILES string of the molecule is CCCC(CC[C@H](C)CC)C(=O)OCC. The van der Waals surface area contributed by atoms with E-state index in [0.717, 1.165) is 31.6 Å². The average Bonchev–Trinajstić information content (AvgIpc) is 2.23. The second-order valence-electron chi connectivity index (χ2n) is 4.33. The summed E-state index contributed by atoms with van der Waals surface area (Å²) in [5.74, 6) is 0.852. The molecule has 15 heavy (non-hydrogen) atoms. The summed E-state index contributed by atoms with van der Waals surface area (Å²) >= 11 is 0. The van der Waals surface area contributed by atoms with Crippen molar-refractivity contribution in [1.29, 1.82) is 0 Å². The van der Waals surface area contributed by atoms with Crippen LogP contribution in [-0.2, 0) is 9.53 Å². The van der Waals surface area contributed by atoms with Crippen LogP contribution in [0.5, 0.6) is 0 Å². The third-order valence-corrected chi connectivity index (χ3v) is 2.96. The van der Waals surface area contributed by atoms with E-state index in [0.29, 0.717) is 6.61 Å². The molecule has 0 N–H and O–H groups in total. The number of carbonyl (C=O) groups is 1. The van der Waals surface area contributed by atoms with Gasteiger partial charge in [-0.2, -0.15) is 0 Å². The minimum absolute atomic E-state index is 0.00246. The van der Waals surface area contributed by atoms with E-state index in [1.807, 2.05) is 6.92 Å². The van der Waals surface area contributed by atoms with Crippen LogP contribution in [0.3, 0.4) is 0 Å². The minimum atomic E-state index is 0.00246. The van der Waals surface area contributed by atoms with Crippen LogP contribution in [0.15, 0.2) is 0 Å². The monoisotopic (exact) mass is 214 g/mol. The quantitative estimate of drug-likeness (QED) is 0.575. The molecule has 0 aliphatic rings. The van der Waals surface area contributed by atoms with Crippen molar-refractivity contribution >= 4 is 5.97 Å². The molecule has 0 aliphatic carbocycles. The Morgan fingerprint density at radius 2 is 1.80 bits per heavy atom. The highest BCUT2D eigenvalue weighted by atomic mass is 16.5. The first-order chi connectivity index (χ1) is 7.15. The van der Waals surface area contributed by atoms with Crippen LogP contribution in [-0.4, -0.2) is 12.6 Å². The van der Waals surface area contributed by atoms with Gasteiger partial charge in [0.25, 0.3) is 0 Å². The van der Waals surface area contributed by atoms with Crippen LogP contribution in [0.2, 0.25) is 0 Å². The Bertz CT molecular complexity index is 166. The Morgan fingerprint density at radius 3 is 2.27 bits per heavy atom. The first-order valence-electron chi connectivity index (χ1n) is 6.32. The zero-order valence-electron chi connectivity index (χ0n) is 10.7. The summed E-state index contributed by atoms with van der Waals surface area (Å²) < 4.78 is 5.08. The third-order valence-electron chi connectivity index (χ3n) is 2.96. The van der Waals surface area contributed by atoms with Gasteiger partial charge in [0, 0.05) is 0 Å². The highest BCUT2D eigenvalue weighted by Crippen LogP contribution is 2.20. The summed E-state index contributed by atoms with van der Waals surface area (Å²) in [6, 6.07) is 0. The lowest BCUT2D eigenvalue weighted by Gasteiger charge is -2.16. The first-order valence-corrected chi connectivity index (χ1v) is 6.32. The molecule has 1 unspecified atom stereocenters. The van der Waals surface area contributed by atoms with Gasteiger partial charge >= 0.3 is 5.97 Å². The molecule has 0 aromatic carbocycles. The second kappa shape index (κ2) is 8.75. The molecule has 0 fully saturated rings. The van der Waals surface area contributed by atoms with Crippen molar-refractivity contribution in [3.63, 3.8) is 0 Å². The summed E-state index contributed by atoms with van der Waals surface area (Å²) in [5.41, 5.74) is 0. The molecular formula is C13H26O2. The number of hydrogen-bond donors (Lipinski definition) is 0. The van der Waals surface area contributed by atoms with Crippen molar-refractivity contribution in [3.05, 3.63) is 0 Å². The first kappa shape index (κ1) is 14.5. The van der Waals surface area contributed by atoms with Gasteiger partial charge in [0.1, 0.15) is 0 Å². The van der Waals surface area contributed by atoms with Crippen LogP contribution >= 0.6 is 0 Å². The summed E-state index contributed by atoms with van der Waals surface area (Å²) in [5, 5.41) is 0. The Kier molecular flexibility index (Phi) is 8.44. The normalized spacial score (nSPS) is 14.7. The van der Waals surface area contributed by atoms with Crippen LogP contribution in [0.25, 0.3) is 0 Å². The van der Waals surface area contributed by atoms with E-state index in [2.05, 4.69) is 20.8 Å². The Hall–Kier alpha value is -0.530. The van der Waals surface area contributed by atoms with Gasteiger partial charge in [0.15, 0.2) is 0 Å². The maximum absolute atomic E-state index is 11.6. The van der Waals surface area contributed by atoms with Crippen LogP contribution in [0.1, 0.15) is 59.8 Å². The molecule has 0 aliphatic heterocycles. The van der Waals surface area contributed by atoms with Gasteiger partial charge in [-0.05, 0) is 32.1 Å². The molecule has 0 saturated heterocycles. The average molecular weight is 214 g/mol. The molecule has 90 valence electrons. The van der Waals surface area contributed by atoms with Crippen molar-refractivity contribution in [1.82, 2.24) is 0 Å². The van der Waals surface area contributed by atoms with E-state index in [4.69, 9.17) is 4.74 Å². The van der Waals surface area contributed by atoms with Crippen LogP contribution in [0, 0.1) is 11.8 Å². The summed E-state index contributed by atoms with van der Waals surface area (Å²) in [6.07, 6.45) is 5.35. The molecule has 0 aromatic heterocycles. The number of ether oxygens (including phenoxy) is 1. The summed E-state index contributed by atoms with van der Waals surface area (Å²) in [7, 11) is 0. The highest BCUT2D eigenvalue weighted by Gasteiger charge is 2.19.